The molecule has 1 unspecified atom stereocenters. The van der Waals surface area contributed by atoms with Crippen LogP contribution in [0.5, 0.6) is 0 Å². The van der Waals surface area contributed by atoms with Crippen molar-refractivity contribution < 1.29 is 9.47 Å². The second-order valence-corrected chi connectivity index (χ2v) is 17.3. The molecule has 0 fully saturated rings. The molecule has 0 radical (unpaired) electrons. The predicted octanol–water partition coefficient (Wildman–Crippen LogP) is 16.6. The highest BCUT2D eigenvalue weighted by Gasteiger charge is 2.11. The maximum absolute atomic E-state index is 6.27. The molecule has 0 aromatic carbocycles. The van der Waals surface area contributed by atoms with Crippen LogP contribution in [-0.2, 0) is 9.47 Å². The summed E-state index contributed by atoms with van der Waals surface area (Å²) in [5, 5.41) is 0. The molecule has 314 valence electrons. The van der Waals surface area contributed by atoms with Crippen molar-refractivity contribution in [2.45, 2.75) is 277 Å². The van der Waals surface area contributed by atoms with Crippen LogP contribution in [-0.4, -0.2) is 51.5 Å². The second-order valence-electron chi connectivity index (χ2n) is 17.3. The van der Waals surface area contributed by atoms with Crippen LogP contribution in [0.25, 0.3) is 0 Å². The van der Waals surface area contributed by atoms with Crippen molar-refractivity contribution in [3.8, 4) is 0 Å². The summed E-state index contributed by atoms with van der Waals surface area (Å²) in [5.74, 6) is 0. The molecule has 0 aromatic rings. The van der Waals surface area contributed by atoms with Gasteiger partial charge in [-0.15, -0.1) is 0 Å². The minimum atomic E-state index is 0.209. The van der Waals surface area contributed by atoms with Crippen LogP contribution in [0.2, 0.25) is 0 Å². The summed E-state index contributed by atoms with van der Waals surface area (Å²) in [4.78, 5) is 2.24. The zero-order valence-corrected chi connectivity index (χ0v) is 37.0. The molecule has 1 atom stereocenters. The lowest BCUT2D eigenvalue weighted by Crippen LogP contribution is -2.32. The van der Waals surface area contributed by atoms with E-state index in [0.29, 0.717) is 0 Å². The fourth-order valence-corrected chi connectivity index (χ4v) is 7.84. The van der Waals surface area contributed by atoms with E-state index in [2.05, 4.69) is 32.8 Å². The highest BCUT2D eigenvalue weighted by atomic mass is 16.5. The highest BCUT2D eigenvalue weighted by Crippen LogP contribution is 2.17. The summed E-state index contributed by atoms with van der Waals surface area (Å²) in [7, 11) is 4.29. The summed E-state index contributed by atoms with van der Waals surface area (Å²) in [6, 6.07) is 0. The molecule has 0 bridgehead atoms. The van der Waals surface area contributed by atoms with Gasteiger partial charge in [-0.2, -0.15) is 0 Å². The predicted molar refractivity (Wildman–Crippen MR) is 235 cm³/mol. The molecule has 3 nitrogen and oxygen atoms in total. The lowest BCUT2D eigenvalue weighted by molar-refractivity contribution is -0.0287. The normalized spacial score (nSPS) is 12.4. The van der Waals surface area contributed by atoms with Gasteiger partial charge in [0, 0.05) is 19.8 Å². The van der Waals surface area contributed by atoms with E-state index < -0.39 is 0 Å². The highest BCUT2D eigenvalue weighted by molar-refractivity contribution is 4.61. The third-order valence-electron chi connectivity index (χ3n) is 11.4. The average Bonchev–Trinajstić information content (AvgIpc) is 3.14. The van der Waals surface area contributed by atoms with Gasteiger partial charge in [0.25, 0.3) is 0 Å². The van der Waals surface area contributed by atoms with E-state index in [9.17, 15) is 0 Å². The summed E-state index contributed by atoms with van der Waals surface area (Å²) < 4.78 is 12.3. The van der Waals surface area contributed by atoms with Gasteiger partial charge >= 0.3 is 0 Å². The summed E-state index contributed by atoms with van der Waals surface area (Å²) in [6.07, 6.45) is 57.4. The van der Waals surface area contributed by atoms with Gasteiger partial charge < -0.3 is 14.4 Å². The minimum absolute atomic E-state index is 0.209. The van der Waals surface area contributed by atoms with Gasteiger partial charge in [0.15, 0.2) is 0 Å². The molecule has 0 amide bonds. The quantitative estimate of drug-likeness (QED) is 0.0581. The Morgan fingerprint density at radius 2 is 0.538 bits per heavy atom. The van der Waals surface area contributed by atoms with Gasteiger partial charge in [0.05, 0.1) is 12.7 Å². The third kappa shape index (κ3) is 46.0. The Morgan fingerprint density at radius 1 is 0.308 bits per heavy atom. The lowest BCUT2D eigenvalue weighted by atomic mass is 10.0. The molecule has 0 aliphatic carbocycles. The molecule has 0 heterocycles. The minimum Gasteiger partial charge on any atom is -0.379 e. The standard InChI is InChI=1S/C49H101NO2/c1-5-7-9-11-13-15-17-19-21-23-25-27-29-31-33-35-37-39-41-43-45-51-48-49(47-50(3)4)52-46-44-42-40-38-36-34-32-30-28-26-24-22-20-18-16-14-12-10-8-6-2/h49H,5-48H2,1-4H3. The fraction of sp³-hybridized carbons (Fsp3) is 1.00. The van der Waals surface area contributed by atoms with Gasteiger partial charge in [-0.05, 0) is 26.9 Å². The van der Waals surface area contributed by atoms with Crippen LogP contribution in [0.15, 0.2) is 0 Å². The van der Waals surface area contributed by atoms with Gasteiger partial charge in [-0.3, -0.25) is 0 Å². The second kappa shape index (κ2) is 47.0. The molecule has 0 spiro atoms. The van der Waals surface area contributed by atoms with Gasteiger partial charge in [0.1, 0.15) is 0 Å². The van der Waals surface area contributed by atoms with E-state index >= 15 is 0 Å². The molecule has 3 heteroatoms. The van der Waals surface area contributed by atoms with E-state index in [1.165, 1.54) is 257 Å². The molecular weight excluding hydrogens is 635 g/mol. The number of hydrogen-bond donors (Lipinski definition) is 0. The van der Waals surface area contributed by atoms with E-state index in [0.717, 1.165) is 26.4 Å². The lowest BCUT2D eigenvalue weighted by Gasteiger charge is -2.21. The Hall–Kier alpha value is -0.120. The van der Waals surface area contributed by atoms with Crippen molar-refractivity contribution in [2.24, 2.45) is 0 Å². The molecule has 0 aliphatic heterocycles. The number of likely N-dealkylation sites (N-methyl/N-ethyl adjacent to an activating group) is 1. The van der Waals surface area contributed by atoms with Crippen molar-refractivity contribution in [3.63, 3.8) is 0 Å². The maximum atomic E-state index is 6.27. The first-order valence-corrected chi connectivity index (χ1v) is 24.5. The topological polar surface area (TPSA) is 21.7 Å². The molecule has 0 aromatic heterocycles. The number of unbranched alkanes of at least 4 members (excludes halogenated alkanes) is 38. The average molecular weight is 736 g/mol. The van der Waals surface area contributed by atoms with Crippen LogP contribution in [0.4, 0.5) is 0 Å². The monoisotopic (exact) mass is 736 g/mol. The van der Waals surface area contributed by atoms with Crippen LogP contribution in [0, 0.1) is 0 Å². The van der Waals surface area contributed by atoms with Gasteiger partial charge in [-0.25, -0.2) is 0 Å². The first-order chi connectivity index (χ1) is 25.7. The molecule has 52 heavy (non-hydrogen) atoms. The molecule has 0 saturated carbocycles. The Labute approximate surface area is 330 Å². The van der Waals surface area contributed by atoms with Gasteiger partial charge in [0.2, 0.25) is 0 Å². The third-order valence-corrected chi connectivity index (χ3v) is 11.4. The zero-order chi connectivity index (χ0) is 37.7. The fourth-order valence-electron chi connectivity index (χ4n) is 7.84. The van der Waals surface area contributed by atoms with Crippen LogP contribution in [0.1, 0.15) is 271 Å². The van der Waals surface area contributed by atoms with Crippen molar-refractivity contribution in [1.82, 2.24) is 4.90 Å². The smallest absolute Gasteiger partial charge is 0.0934 e. The van der Waals surface area contributed by atoms with Crippen molar-refractivity contribution in [2.75, 3.05) is 40.5 Å². The molecule has 0 aliphatic rings. The molecule has 0 saturated heterocycles. The van der Waals surface area contributed by atoms with E-state index in [1.807, 2.05) is 0 Å². The Morgan fingerprint density at radius 3 is 0.788 bits per heavy atom. The number of rotatable bonds is 47. The first-order valence-electron chi connectivity index (χ1n) is 24.5. The summed E-state index contributed by atoms with van der Waals surface area (Å²) >= 11 is 0. The van der Waals surface area contributed by atoms with Crippen LogP contribution < -0.4 is 0 Å². The number of ether oxygens (including phenoxy) is 2. The molecule has 0 N–H and O–H groups in total. The SMILES string of the molecule is CCCCCCCCCCCCCCCCCCCCCCOCC(CN(C)C)OCCCCCCCCCCCCCCCCCCCCCC. The molecular formula is C49H101NO2. The molecule has 0 rings (SSSR count). The van der Waals surface area contributed by atoms with Crippen molar-refractivity contribution in [3.05, 3.63) is 0 Å². The summed E-state index contributed by atoms with van der Waals surface area (Å²) in [6.45, 7) is 8.10. The number of hydrogen-bond acceptors (Lipinski definition) is 3. The van der Waals surface area contributed by atoms with Gasteiger partial charge in [-0.1, -0.05) is 258 Å². The maximum Gasteiger partial charge on any atom is 0.0934 e. The van der Waals surface area contributed by atoms with E-state index in [1.54, 1.807) is 0 Å². The van der Waals surface area contributed by atoms with E-state index in [-0.39, 0.29) is 6.10 Å². The Balaban J connectivity index is 3.40. The zero-order valence-electron chi connectivity index (χ0n) is 37.0. The van der Waals surface area contributed by atoms with Crippen molar-refractivity contribution >= 4 is 0 Å². The summed E-state index contributed by atoms with van der Waals surface area (Å²) in [5.41, 5.74) is 0. The number of nitrogens with zero attached hydrogens (tertiary/aromatic N) is 1. The van der Waals surface area contributed by atoms with Crippen LogP contribution in [0.3, 0.4) is 0 Å². The Bertz CT molecular complexity index is 610. The van der Waals surface area contributed by atoms with E-state index in [4.69, 9.17) is 9.47 Å². The Kier molecular flexibility index (Phi) is 46.9. The van der Waals surface area contributed by atoms with Crippen molar-refractivity contribution in [1.29, 1.82) is 0 Å². The first kappa shape index (κ1) is 51.9. The van der Waals surface area contributed by atoms with Crippen LogP contribution >= 0.6 is 0 Å². The largest absolute Gasteiger partial charge is 0.379 e.